The molecule has 31 heavy (non-hydrogen) atoms. The van der Waals surface area contributed by atoms with Crippen LogP contribution in [0.15, 0.2) is 54.7 Å². The maximum absolute atomic E-state index is 11.2. The van der Waals surface area contributed by atoms with Gasteiger partial charge in [0.2, 0.25) is 0 Å². The number of fused-ring (bicyclic) bond motifs is 2. The Bertz CT molecular complexity index is 1070. The molecule has 6 nitrogen and oxygen atoms in total. The molecule has 0 radical (unpaired) electrons. The second-order valence-corrected chi connectivity index (χ2v) is 8.10. The van der Waals surface area contributed by atoms with Crippen molar-refractivity contribution in [2.75, 3.05) is 19.7 Å². The average molecular weight is 420 g/mol. The van der Waals surface area contributed by atoms with Gasteiger partial charge in [0.1, 0.15) is 0 Å². The summed E-state index contributed by atoms with van der Waals surface area (Å²) >= 11 is 0. The number of aliphatic hydroxyl groups excluding tert-OH is 1. The largest absolute Gasteiger partial charge is 0.395 e. The molecule has 1 aromatic heterocycles. The minimum atomic E-state index is -0.535. The Kier molecular flexibility index (Phi) is 6.82. The number of H-pyrrole nitrogens is 1. The molecule has 1 unspecified atom stereocenters. The first kappa shape index (κ1) is 21.3. The van der Waals surface area contributed by atoms with Gasteiger partial charge in [-0.05, 0) is 60.1 Å². The van der Waals surface area contributed by atoms with Crippen LogP contribution in [0.5, 0.6) is 0 Å². The van der Waals surface area contributed by atoms with Crippen LogP contribution in [0.25, 0.3) is 17.0 Å². The number of hydrogen-bond donors (Lipinski definition) is 4. The number of benzene rings is 2. The molecule has 4 rings (SSSR count). The number of aromatic nitrogens is 1. The number of hydrogen-bond acceptors (Lipinski definition) is 4. The predicted molar refractivity (Wildman–Crippen MR) is 122 cm³/mol. The number of nitrogens with zero attached hydrogens (tertiary/aromatic N) is 1. The van der Waals surface area contributed by atoms with E-state index >= 15 is 0 Å². The first-order chi connectivity index (χ1) is 15.2. The first-order valence-corrected chi connectivity index (χ1v) is 10.8. The predicted octanol–water partition coefficient (Wildman–Crippen LogP) is 3.08. The molecular weight excluding hydrogens is 390 g/mol. The van der Waals surface area contributed by atoms with E-state index in [1.165, 1.54) is 33.7 Å². The summed E-state index contributed by atoms with van der Waals surface area (Å²) in [7, 11) is 0. The fourth-order valence-electron chi connectivity index (χ4n) is 4.59. The van der Waals surface area contributed by atoms with Crippen molar-refractivity contribution in [1.82, 2.24) is 15.4 Å². The van der Waals surface area contributed by atoms with Crippen LogP contribution >= 0.6 is 0 Å². The molecule has 3 aromatic rings. The molecule has 6 heteroatoms. The number of carbonyl (C=O) groups is 1. The second-order valence-electron chi connectivity index (χ2n) is 8.10. The Morgan fingerprint density at radius 3 is 2.90 bits per heavy atom. The van der Waals surface area contributed by atoms with Gasteiger partial charge in [0.05, 0.1) is 6.61 Å². The van der Waals surface area contributed by atoms with E-state index in [4.69, 9.17) is 5.21 Å². The minimum Gasteiger partial charge on any atom is -0.395 e. The Labute approximate surface area is 182 Å². The van der Waals surface area contributed by atoms with E-state index in [1.807, 2.05) is 12.1 Å². The van der Waals surface area contributed by atoms with Gasteiger partial charge in [-0.25, -0.2) is 5.48 Å². The average Bonchev–Trinajstić information content (AvgIpc) is 3.23. The monoisotopic (exact) mass is 419 g/mol. The molecule has 4 N–H and O–H groups in total. The summed E-state index contributed by atoms with van der Waals surface area (Å²) in [4.78, 5) is 17.0. The zero-order valence-electron chi connectivity index (χ0n) is 17.6. The highest BCUT2D eigenvalue weighted by molar-refractivity contribution is 5.90. The Morgan fingerprint density at radius 2 is 2.06 bits per heavy atom. The van der Waals surface area contributed by atoms with Gasteiger partial charge in [0.25, 0.3) is 5.91 Å². The van der Waals surface area contributed by atoms with E-state index in [9.17, 15) is 9.90 Å². The molecule has 0 bridgehead atoms. The van der Waals surface area contributed by atoms with Crippen LogP contribution < -0.4 is 5.48 Å². The lowest BCUT2D eigenvalue weighted by Gasteiger charge is -2.35. The van der Waals surface area contributed by atoms with Crippen molar-refractivity contribution in [3.05, 3.63) is 77.0 Å². The third-order valence-electron chi connectivity index (χ3n) is 6.22. The van der Waals surface area contributed by atoms with E-state index in [1.54, 1.807) is 11.6 Å². The fourth-order valence-corrected chi connectivity index (χ4v) is 4.59. The smallest absolute Gasteiger partial charge is 0.267 e. The molecule has 1 aliphatic rings. The van der Waals surface area contributed by atoms with Crippen LogP contribution in [0.4, 0.5) is 0 Å². The second kappa shape index (κ2) is 9.92. The highest BCUT2D eigenvalue weighted by Gasteiger charge is 2.24. The number of rotatable bonds is 8. The number of aromatic amines is 1. The highest BCUT2D eigenvalue weighted by Crippen LogP contribution is 2.27. The molecule has 1 atom stereocenters. The van der Waals surface area contributed by atoms with Crippen molar-refractivity contribution in [3.8, 4) is 0 Å². The molecule has 0 spiro atoms. The van der Waals surface area contributed by atoms with Crippen LogP contribution in [-0.4, -0.2) is 51.8 Å². The summed E-state index contributed by atoms with van der Waals surface area (Å²) < 4.78 is 0. The lowest BCUT2D eigenvalue weighted by molar-refractivity contribution is -0.124. The number of para-hydroxylation sites is 1. The topological polar surface area (TPSA) is 88.6 Å². The van der Waals surface area contributed by atoms with Crippen LogP contribution in [0.1, 0.15) is 28.7 Å². The number of aryl methyl sites for hydroxylation is 1. The molecular formula is C25H29N3O3. The van der Waals surface area contributed by atoms with Gasteiger partial charge in [-0.1, -0.05) is 36.4 Å². The summed E-state index contributed by atoms with van der Waals surface area (Å²) in [5, 5.41) is 19.5. The normalized spacial score (nSPS) is 16.2. The molecule has 2 aromatic carbocycles. The van der Waals surface area contributed by atoms with Crippen molar-refractivity contribution in [1.29, 1.82) is 0 Å². The Morgan fingerprint density at radius 1 is 1.19 bits per heavy atom. The number of nitrogens with one attached hydrogen (secondary N) is 2. The van der Waals surface area contributed by atoms with Gasteiger partial charge >= 0.3 is 0 Å². The maximum atomic E-state index is 11.2. The van der Waals surface area contributed by atoms with E-state index in [0.29, 0.717) is 12.6 Å². The van der Waals surface area contributed by atoms with E-state index in [0.717, 1.165) is 37.8 Å². The summed E-state index contributed by atoms with van der Waals surface area (Å²) in [6.45, 7) is 1.76. The van der Waals surface area contributed by atoms with Crippen molar-refractivity contribution < 1.29 is 15.1 Å². The Hall–Kier alpha value is -2.93. The molecule has 162 valence electrons. The third kappa shape index (κ3) is 5.05. The summed E-state index contributed by atoms with van der Waals surface area (Å²) in [6, 6.07) is 15.0. The van der Waals surface area contributed by atoms with Crippen LogP contribution in [0.3, 0.4) is 0 Å². The molecule has 1 amide bonds. The molecule has 1 aliphatic carbocycles. The maximum Gasteiger partial charge on any atom is 0.267 e. The molecule has 0 saturated carbocycles. The quantitative estimate of drug-likeness (QED) is 0.257. The highest BCUT2D eigenvalue weighted by atomic mass is 16.5. The van der Waals surface area contributed by atoms with E-state index < -0.39 is 5.91 Å². The van der Waals surface area contributed by atoms with Crippen molar-refractivity contribution in [2.24, 2.45) is 0 Å². The fraction of sp³-hybridized carbons (Fsp3) is 0.320. The number of aliphatic hydroxyl groups is 1. The minimum absolute atomic E-state index is 0.161. The SMILES string of the molecule is O=C(C=Cc1ccc2c(c1)CCC(N(CCO)CCc1c[nH]c3ccccc13)C2)NO. The first-order valence-electron chi connectivity index (χ1n) is 10.8. The van der Waals surface area contributed by atoms with E-state index in [-0.39, 0.29) is 6.61 Å². The summed E-state index contributed by atoms with van der Waals surface area (Å²) in [5.74, 6) is -0.535. The number of carbonyl (C=O) groups excluding carboxylic acids is 1. The van der Waals surface area contributed by atoms with Gasteiger partial charge in [-0.2, -0.15) is 0 Å². The summed E-state index contributed by atoms with van der Waals surface area (Å²) in [6.07, 6.45) is 9.06. The van der Waals surface area contributed by atoms with Crippen molar-refractivity contribution >= 4 is 22.9 Å². The van der Waals surface area contributed by atoms with Gasteiger partial charge in [-0.3, -0.25) is 14.9 Å². The van der Waals surface area contributed by atoms with Crippen LogP contribution in [0.2, 0.25) is 0 Å². The number of amides is 1. The number of hydroxylamine groups is 1. The molecule has 0 aliphatic heterocycles. The lowest BCUT2D eigenvalue weighted by Crippen LogP contribution is -2.42. The standard InChI is InChI=1S/C25H29N3O3/c29-14-13-28(12-11-21-17-26-24-4-2-1-3-23(21)24)22-9-8-19-15-18(5-7-20(19)16-22)6-10-25(30)27-31/h1-7,10,15,17,22,26,29,31H,8-9,11-14,16H2,(H,27,30). The van der Waals surface area contributed by atoms with Gasteiger partial charge in [-0.15, -0.1) is 0 Å². The van der Waals surface area contributed by atoms with E-state index in [2.05, 4.69) is 46.4 Å². The van der Waals surface area contributed by atoms with Crippen LogP contribution in [-0.2, 0) is 24.1 Å². The zero-order valence-corrected chi connectivity index (χ0v) is 17.6. The van der Waals surface area contributed by atoms with Gasteiger partial charge in [0, 0.05) is 42.3 Å². The molecule has 0 fully saturated rings. The summed E-state index contributed by atoms with van der Waals surface area (Å²) in [5.41, 5.74) is 7.68. The van der Waals surface area contributed by atoms with Crippen molar-refractivity contribution in [3.63, 3.8) is 0 Å². The molecule has 1 heterocycles. The van der Waals surface area contributed by atoms with Crippen molar-refractivity contribution in [2.45, 2.75) is 31.7 Å². The van der Waals surface area contributed by atoms with Gasteiger partial charge in [0.15, 0.2) is 0 Å². The lowest BCUT2D eigenvalue weighted by atomic mass is 9.86. The van der Waals surface area contributed by atoms with Crippen LogP contribution in [0, 0.1) is 0 Å². The van der Waals surface area contributed by atoms with Gasteiger partial charge < -0.3 is 10.1 Å². The Balaban J connectivity index is 1.43. The third-order valence-corrected chi connectivity index (χ3v) is 6.22. The zero-order chi connectivity index (χ0) is 21.6. The molecule has 0 saturated heterocycles.